The normalized spacial score (nSPS) is 11.9. The third-order valence-electron chi connectivity index (χ3n) is 5.31. The molecule has 0 fully saturated rings. The van der Waals surface area contributed by atoms with Gasteiger partial charge in [0.2, 0.25) is 0 Å². The summed E-state index contributed by atoms with van der Waals surface area (Å²) in [6.45, 7) is 12.9. The minimum Gasteiger partial charge on any atom is -0.385 e. The second-order valence-electron chi connectivity index (χ2n) is 9.55. The second-order valence-corrected chi connectivity index (χ2v) is 10.8. The number of hydrogen-bond acceptors (Lipinski definition) is 3. The molecule has 0 atom stereocenters. The maximum atomic E-state index is 6.06. The smallest absolute Gasteiger partial charge is 0.154 e. The molecule has 3 rings (SSSR count). The molecule has 31 heavy (non-hydrogen) atoms. The molecule has 2 aromatic carbocycles. The first kappa shape index (κ1) is 26.3. The Kier molecular flexibility index (Phi) is 8.75. The van der Waals surface area contributed by atoms with Crippen LogP contribution in [0.2, 0.25) is 0 Å². The van der Waals surface area contributed by atoms with Crippen molar-refractivity contribution in [3.63, 3.8) is 0 Å². The van der Waals surface area contributed by atoms with E-state index in [1.54, 1.807) is 11.3 Å². The Morgan fingerprint density at radius 1 is 0.710 bits per heavy atom. The fourth-order valence-electron chi connectivity index (χ4n) is 3.85. The van der Waals surface area contributed by atoms with Crippen LogP contribution in [-0.2, 0) is 32.5 Å². The van der Waals surface area contributed by atoms with E-state index in [1.165, 1.54) is 0 Å². The summed E-state index contributed by atoms with van der Waals surface area (Å²) in [7, 11) is 0. The summed E-state index contributed by atoms with van der Waals surface area (Å²) in [4.78, 5) is 1.16. The van der Waals surface area contributed by atoms with Crippen LogP contribution in [0.4, 0.5) is 0 Å². The van der Waals surface area contributed by atoms with E-state index in [0.29, 0.717) is 11.5 Å². The van der Waals surface area contributed by atoms with Gasteiger partial charge >= 0.3 is 0 Å². The van der Waals surface area contributed by atoms with E-state index in [-0.39, 0.29) is 38.5 Å². The van der Waals surface area contributed by atoms with Crippen LogP contribution >= 0.6 is 35.1 Å². The molecule has 0 N–H and O–H groups in total. The molecule has 6 heteroatoms. The molecule has 0 unspecified atom stereocenters. The molecule has 0 bridgehead atoms. The molecule has 0 aliphatic heterocycles. The summed E-state index contributed by atoms with van der Waals surface area (Å²) in [5.74, 6) is 1.25. The fourth-order valence-corrected chi connectivity index (χ4v) is 5.05. The summed E-state index contributed by atoms with van der Waals surface area (Å²) >= 11 is 13.8. The summed E-state index contributed by atoms with van der Waals surface area (Å²) in [5, 5.41) is 2.08. The molecular formula is C25H28Cl2O2STi. The molecule has 0 aliphatic rings. The van der Waals surface area contributed by atoms with Gasteiger partial charge in [-0.3, -0.25) is 0 Å². The topological polar surface area (TPSA) is 18.5 Å². The fraction of sp³-hybridized carbons (Fsp3) is 0.360. The quantitative estimate of drug-likeness (QED) is 0.320. The van der Waals surface area contributed by atoms with Gasteiger partial charge in [-0.05, 0) is 22.3 Å². The first-order valence-electron chi connectivity index (χ1n) is 9.97. The SMILES string of the molecule is CC(C)(C)c1cccc(C(c2cccs2)c2cccc(C(C)(C)C)c2OCl)c1OCl.[Ti]. The molecule has 1 aromatic heterocycles. The molecule has 0 spiro atoms. The van der Waals surface area contributed by atoms with Crippen LogP contribution in [-0.4, -0.2) is 0 Å². The summed E-state index contributed by atoms with van der Waals surface area (Å²) in [5.41, 5.74) is 3.83. The van der Waals surface area contributed by atoms with Gasteiger partial charge in [-0.15, -0.1) is 11.3 Å². The van der Waals surface area contributed by atoms with E-state index in [4.69, 9.17) is 32.3 Å². The van der Waals surface area contributed by atoms with Gasteiger partial charge in [-0.2, -0.15) is 0 Å². The van der Waals surface area contributed by atoms with Crippen molar-refractivity contribution in [3.8, 4) is 11.5 Å². The molecule has 0 amide bonds. The van der Waals surface area contributed by atoms with Crippen LogP contribution in [0.25, 0.3) is 0 Å². The number of para-hydroxylation sites is 2. The zero-order chi connectivity index (χ0) is 22.1. The first-order chi connectivity index (χ1) is 14.1. The number of benzene rings is 2. The van der Waals surface area contributed by atoms with Crippen LogP contribution in [0.15, 0.2) is 53.9 Å². The summed E-state index contributed by atoms with van der Waals surface area (Å²) in [6.07, 6.45) is 0. The predicted molar refractivity (Wildman–Crippen MR) is 129 cm³/mol. The Hall–Kier alpha value is -0.966. The molecule has 3 aromatic rings. The van der Waals surface area contributed by atoms with E-state index in [0.717, 1.165) is 27.1 Å². The van der Waals surface area contributed by atoms with Crippen molar-refractivity contribution in [2.45, 2.75) is 58.3 Å². The van der Waals surface area contributed by atoms with Gasteiger partial charge in [0.15, 0.2) is 11.5 Å². The first-order valence-corrected chi connectivity index (χ1v) is 11.5. The molecule has 0 saturated carbocycles. The zero-order valence-electron chi connectivity index (χ0n) is 18.8. The second kappa shape index (κ2) is 10.3. The Bertz CT molecular complexity index is 940. The van der Waals surface area contributed by atoms with Crippen molar-refractivity contribution in [3.05, 3.63) is 81.0 Å². The van der Waals surface area contributed by atoms with E-state index >= 15 is 0 Å². The maximum Gasteiger partial charge on any atom is 0.154 e. The van der Waals surface area contributed by atoms with Gasteiger partial charge in [0.1, 0.15) is 23.7 Å². The minimum atomic E-state index is -0.128. The van der Waals surface area contributed by atoms with Crippen LogP contribution in [0.3, 0.4) is 0 Å². The molecule has 0 saturated heterocycles. The molecular weight excluding hydrogens is 483 g/mol. The van der Waals surface area contributed by atoms with Crippen molar-refractivity contribution in [1.82, 2.24) is 0 Å². The summed E-state index contributed by atoms with van der Waals surface area (Å²) in [6, 6.07) is 16.6. The van der Waals surface area contributed by atoms with Crippen LogP contribution < -0.4 is 8.58 Å². The number of halogens is 2. The maximum absolute atomic E-state index is 6.06. The molecule has 2 nitrogen and oxygen atoms in total. The largest absolute Gasteiger partial charge is 0.385 e. The minimum absolute atomic E-state index is 0. The Morgan fingerprint density at radius 3 is 1.48 bits per heavy atom. The van der Waals surface area contributed by atoms with E-state index in [2.05, 4.69) is 95.5 Å². The summed E-state index contributed by atoms with van der Waals surface area (Å²) < 4.78 is 11.0. The van der Waals surface area contributed by atoms with E-state index in [9.17, 15) is 0 Å². The van der Waals surface area contributed by atoms with Crippen LogP contribution in [0, 0.1) is 0 Å². The van der Waals surface area contributed by atoms with Crippen molar-refractivity contribution in [2.24, 2.45) is 0 Å². The van der Waals surface area contributed by atoms with E-state index in [1.807, 2.05) is 0 Å². The Balaban J connectivity index is 0.00000341. The molecule has 0 aliphatic carbocycles. The van der Waals surface area contributed by atoms with Crippen LogP contribution in [0.5, 0.6) is 11.5 Å². The Morgan fingerprint density at radius 2 is 1.16 bits per heavy atom. The van der Waals surface area contributed by atoms with Crippen molar-refractivity contribution in [1.29, 1.82) is 0 Å². The number of hydrogen-bond donors (Lipinski definition) is 0. The van der Waals surface area contributed by atoms with Crippen molar-refractivity contribution in [2.75, 3.05) is 0 Å². The third kappa shape index (κ3) is 5.51. The average Bonchev–Trinajstić information content (AvgIpc) is 3.20. The van der Waals surface area contributed by atoms with Crippen molar-refractivity contribution >= 4 is 35.1 Å². The average molecular weight is 511 g/mol. The monoisotopic (exact) mass is 510 g/mol. The zero-order valence-corrected chi connectivity index (χ0v) is 22.6. The molecule has 0 radical (unpaired) electrons. The van der Waals surface area contributed by atoms with Gasteiger partial charge in [0.25, 0.3) is 0 Å². The number of thiophene rings is 1. The number of rotatable bonds is 5. The molecule has 1 heterocycles. The Labute approximate surface area is 215 Å². The van der Waals surface area contributed by atoms with Gasteiger partial charge in [-0.1, -0.05) is 84.0 Å². The van der Waals surface area contributed by atoms with Crippen LogP contribution in [0.1, 0.15) is 74.6 Å². The van der Waals surface area contributed by atoms with Crippen molar-refractivity contribution < 1.29 is 30.3 Å². The predicted octanol–water partition coefficient (Wildman–Crippen LogP) is 8.59. The van der Waals surface area contributed by atoms with Gasteiger partial charge < -0.3 is 8.58 Å². The van der Waals surface area contributed by atoms with Gasteiger partial charge in [-0.25, -0.2) is 0 Å². The third-order valence-corrected chi connectivity index (χ3v) is 6.56. The standard InChI is InChI=1S/C25H28Cl2O2S.Ti/c1-24(2,3)18-12-7-10-16(22(18)28-26)21(20-14-9-15-30-20)17-11-8-13-19(23(17)29-27)25(4,5)6;/h7-15,21H,1-6H3;. The van der Waals surface area contributed by atoms with Gasteiger partial charge in [0.05, 0.1) is 5.92 Å². The van der Waals surface area contributed by atoms with Gasteiger partial charge in [0, 0.05) is 48.8 Å². The molecule has 164 valence electrons. The van der Waals surface area contributed by atoms with E-state index < -0.39 is 0 Å².